The minimum Gasteiger partial charge on any atom is -0.504 e. The third-order valence-corrected chi connectivity index (χ3v) is 2.79. The van der Waals surface area contributed by atoms with Crippen LogP contribution in [0.5, 0.6) is 11.5 Å². The van der Waals surface area contributed by atoms with Crippen LogP contribution in [0, 0.1) is 22.7 Å². The highest BCUT2D eigenvalue weighted by Crippen LogP contribution is 2.34. The van der Waals surface area contributed by atoms with Crippen LogP contribution in [0.1, 0.15) is 22.3 Å². The first kappa shape index (κ1) is 13.2. The lowest BCUT2D eigenvalue weighted by molar-refractivity contribution is 0.402. The molecule has 4 heteroatoms. The quantitative estimate of drug-likeness (QED) is 0.643. The maximum absolute atomic E-state index is 9.68. The third-order valence-electron chi connectivity index (χ3n) is 2.79. The van der Waals surface area contributed by atoms with Gasteiger partial charge in [-0.2, -0.15) is 10.5 Å². The number of hydrogen-bond donors (Lipinski definition) is 2. The SMILES string of the molecule is N#Cc1cc(O)c(O)c(C#N)c1C=Cc1ccccc1. The van der Waals surface area contributed by atoms with Crippen LogP contribution in [-0.4, -0.2) is 10.2 Å². The summed E-state index contributed by atoms with van der Waals surface area (Å²) in [6.07, 6.45) is 3.30. The average Bonchev–Trinajstić information content (AvgIpc) is 2.49. The van der Waals surface area contributed by atoms with Crippen LogP contribution in [0.15, 0.2) is 36.4 Å². The molecular formula is C16H10N2O2. The van der Waals surface area contributed by atoms with Gasteiger partial charge in [-0.1, -0.05) is 42.5 Å². The molecule has 0 unspecified atom stereocenters. The number of nitrogens with zero attached hydrogens (tertiary/aromatic N) is 2. The highest BCUT2D eigenvalue weighted by Gasteiger charge is 2.15. The molecule has 0 saturated carbocycles. The Morgan fingerprint density at radius 3 is 2.25 bits per heavy atom. The van der Waals surface area contributed by atoms with E-state index in [2.05, 4.69) is 0 Å². The number of phenolic OH excluding ortho intramolecular Hbond substituents is 2. The summed E-state index contributed by atoms with van der Waals surface area (Å²) in [5, 5.41) is 37.3. The van der Waals surface area contributed by atoms with E-state index >= 15 is 0 Å². The van der Waals surface area contributed by atoms with E-state index in [1.54, 1.807) is 18.2 Å². The number of benzene rings is 2. The van der Waals surface area contributed by atoms with Gasteiger partial charge < -0.3 is 10.2 Å². The molecule has 20 heavy (non-hydrogen) atoms. The van der Waals surface area contributed by atoms with Crippen LogP contribution < -0.4 is 0 Å². The zero-order valence-corrected chi connectivity index (χ0v) is 10.4. The van der Waals surface area contributed by atoms with E-state index in [9.17, 15) is 10.2 Å². The minimum absolute atomic E-state index is 0.117. The van der Waals surface area contributed by atoms with Crippen molar-refractivity contribution in [1.29, 1.82) is 10.5 Å². The average molecular weight is 262 g/mol. The number of phenols is 2. The van der Waals surface area contributed by atoms with Gasteiger partial charge in [-0.3, -0.25) is 0 Å². The van der Waals surface area contributed by atoms with Crippen molar-refractivity contribution >= 4 is 12.2 Å². The fraction of sp³-hybridized carbons (Fsp3) is 0. The minimum atomic E-state index is -0.515. The molecule has 0 aliphatic rings. The van der Waals surface area contributed by atoms with Crippen molar-refractivity contribution in [2.24, 2.45) is 0 Å². The first-order valence-electron chi connectivity index (χ1n) is 5.79. The summed E-state index contributed by atoms with van der Waals surface area (Å²) in [6.45, 7) is 0. The van der Waals surface area contributed by atoms with Gasteiger partial charge >= 0.3 is 0 Å². The first-order chi connectivity index (χ1) is 9.67. The Kier molecular flexibility index (Phi) is 3.70. The molecule has 0 fully saturated rings. The van der Waals surface area contributed by atoms with Crippen LogP contribution in [0.3, 0.4) is 0 Å². The Hall–Kier alpha value is -3.24. The number of hydrogen-bond acceptors (Lipinski definition) is 4. The van der Waals surface area contributed by atoms with E-state index in [-0.39, 0.29) is 16.7 Å². The van der Waals surface area contributed by atoms with Crippen LogP contribution in [-0.2, 0) is 0 Å². The van der Waals surface area contributed by atoms with E-state index < -0.39 is 11.5 Å². The van der Waals surface area contributed by atoms with Gasteiger partial charge in [0.2, 0.25) is 0 Å². The molecule has 0 aliphatic carbocycles. The van der Waals surface area contributed by atoms with Crippen LogP contribution in [0.4, 0.5) is 0 Å². The highest BCUT2D eigenvalue weighted by molar-refractivity contribution is 5.79. The van der Waals surface area contributed by atoms with E-state index in [0.29, 0.717) is 0 Å². The summed E-state index contributed by atoms with van der Waals surface area (Å²) >= 11 is 0. The monoisotopic (exact) mass is 262 g/mol. The Morgan fingerprint density at radius 2 is 1.65 bits per heavy atom. The number of nitriles is 2. The molecule has 0 heterocycles. The molecule has 0 aliphatic heterocycles. The van der Waals surface area contributed by atoms with E-state index in [1.165, 1.54) is 0 Å². The molecule has 2 aromatic rings. The Balaban J connectivity index is 2.57. The summed E-state index contributed by atoms with van der Waals surface area (Å²) in [7, 11) is 0. The lowest BCUT2D eigenvalue weighted by Gasteiger charge is -2.06. The summed E-state index contributed by atoms with van der Waals surface area (Å²) in [6, 6.07) is 14.2. The van der Waals surface area contributed by atoms with Crippen molar-refractivity contribution in [2.45, 2.75) is 0 Å². The summed E-state index contributed by atoms with van der Waals surface area (Å²) in [5.41, 5.74) is 1.19. The van der Waals surface area contributed by atoms with Gasteiger partial charge in [-0.15, -0.1) is 0 Å². The molecule has 96 valence electrons. The molecule has 0 bridgehead atoms. The van der Waals surface area contributed by atoms with Crippen molar-refractivity contribution < 1.29 is 10.2 Å². The zero-order valence-electron chi connectivity index (χ0n) is 10.4. The van der Waals surface area contributed by atoms with Crippen LogP contribution in [0.2, 0.25) is 0 Å². The largest absolute Gasteiger partial charge is 0.504 e. The summed E-state index contributed by atoms with van der Waals surface area (Å²) in [5.74, 6) is -0.992. The maximum Gasteiger partial charge on any atom is 0.176 e. The van der Waals surface area contributed by atoms with Gasteiger partial charge in [0.25, 0.3) is 0 Å². The van der Waals surface area contributed by atoms with Crippen LogP contribution in [0.25, 0.3) is 12.2 Å². The standard InChI is InChI=1S/C16H10N2O2/c17-9-12-8-15(19)16(20)14(10-18)13(12)7-6-11-4-2-1-3-5-11/h1-8,19-20H. The molecule has 0 spiro atoms. The first-order valence-corrected chi connectivity index (χ1v) is 5.79. The lowest BCUT2D eigenvalue weighted by Crippen LogP contribution is -1.90. The Bertz CT molecular complexity index is 751. The second-order valence-electron chi connectivity index (χ2n) is 4.05. The van der Waals surface area contributed by atoms with Gasteiger partial charge in [0, 0.05) is 11.6 Å². The van der Waals surface area contributed by atoms with E-state index in [1.807, 2.05) is 36.4 Å². The lowest BCUT2D eigenvalue weighted by atomic mass is 9.99. The molecule has 0 amide bonds. The smallest absolute Gasteiger partial charge is 0.176 e. The predicted octanol–water partition coefficient (Wildman–Crippen LogP) is 3.01. The molecule has 0 saturated heterocycles. The van der Waals surface area contributed by atoms with Crippen molar-refractivity contribution in [2.75, 3.05) is 0 Å². The fourth-order valence-corrected chi connectivity index (χ4v) is 1.80. The molecular weight excluding hydrogens is 252 g/mol. The third kappa shape index (κ3) is 2.45. The van der Waals surface area contributed by atoms with Crippen molar-refractivity contribution in [1.82, 2.24) is 0 Å². The second kappa shape index (κ2) is 5.60. The molecule has 4 nitrogen and oxygen atoms in total. The Labute approximate surface area is 116 Å². The predicted molar refractivity (Wildman–Crippen MR) is 74.6 cm³/mol. The van der Waals surface area contributed by atoms with Crippen molar-refractivity contribution in [3.05, 3.63) is 58.7 Å². The molecule has 2 N–H and O–H groups in total. The summed E-state index contributed by atoms with van der Waals surface area (Å²) in [4.78, 5) is 0. The molecule has 2 aromatic carbocycles. The van der Waals surface area contributed by atoms with Gasteiger partial charge in [-0.05, 0) is 5.56 Å². The van der Waals surface area contributed by atoms with Crippen LogP contribution >= 0.6 is 0 Å². The zero-order chi connectivity index (χ0) is 14.5. The van der Waals surface area contributed by atoms with E-state index in [0.717, 1.165) is 11.6 Å². The molecule has 0 radical (unpaired) electrons. The normalized spacial score (nSPS) is 10.1. The topological polar surface area (TPSA) is 88.0 Å². The molecule has 0 atom stereocenters. The maximum atomic E-state index is 9.68. The van der Waals surface area contributed by atoms with Gasteiger partial charge in [-0.25, -0.2) is 0 Å². The van der Waals surface area contributed by atoms with Gasteiger partial charge in [0.1, 0.15) is 11.6 Å². The second-order valence-corrected chi connectivity index (χ2v) is 4.05. The van der Waals surface area contributed by atoms with Crippen molar-refractivity contribution in [3.63, 3.8) is 0 Å². The molecule has 2 rings (SSSR count). The van der Waals surface area contributed by atoms with E-state index in [4.69, 9.17) is 10.5 Å². The fourth-order valence-electron chi connectivity index (χ4n) is 1.80. The highest BCUT2D eigenvalue weighted by atomic mass is 16.3. The van der Waals surface area contributed by atoms with Gasteiger partial charge in [0.15, 0.2) is 11.5 Å². The number of aromatic hydroxyl groups is 2. The van der Waals surface area contributed by atoms with Crippen molar-refractivity contribution in [3.8, 4) is 23.6 Å². The van der Waals surface area contributed by atoms with Gasteiger partial charge in [0.05, 0.1) is 11.6 Å². The Morgan fingerprint density at radius 1 is 0.950 bits per heavy atom. The molecule has 0 aromatic heterocycles. The summed E-state index contributed by atoms with van der Waals surface area (Å²) < 4.78 is 0. The number of rotatable bonds is 2.